The molecule has 20 heavy (non-hydrogen) atoms. The van der Waals surface area contributed by atoms with E-state index in [0.29, 0.717) is 17.3 Å². The van der Waals surface area contributed by atoms with E-state index in [2.05, 4.69) is 17.1 Å². The molecule has 0 unspecified atom stereocenters. The largest absolute Gasteiger partial charge is 0.336 e. The summed E-state index contributed by atoms with van der Waals surface area (Å²) < 4.78 is 0. The van der Waals surface area contributed by atoms with Gasteiger partial charge in [-0.3, -0.25) is 9.78 Å². The van der Waals surface area contributed by atoms with Crippen molar-refractivity contribution < 1.29 is 4.79 Å². The van der Waals surface area contributed by atoms with Crippen LogP contribution in [0.15, 0.2) is 47.5 Å². The van der Waals surface area contributed by atoms with Crippen molar-refractivity contribution in [2.24, 2.45) is 0 Å². The topological polar surface area (TPSA) is 33.2 Å². The van der Waals surface area contributed by atoms with Gasteiger partial charge in [0.1, 0.15) is 5.69 Å². The molecule has 0 aliphatic carbocycles. The fourth-order valence-corrected chi connectivity index (χ4v) is 2.36. The summed E-state index contributed by atoms with van der Waals surface area (Å²) in [6.07, 6.45) is 3.58. The molecule has 2 rings (SSSR count). The number of rotatable bonds is 4. The Morgan fingerprint density at radius 1 is 1.30 bits per heavy atom. The molecule has 0 aliphatic rings. The minimum absolute atomic E-state index is 0.138. The Morgan fingerprint density at radius 3 is 2.60 bits per heavy atom. The third-order valence-electron chi connectivity index (χ3n) is 2.87. The van der Waals surface area contributed by atoms with E-state index in [0.717, 1.165) is 5.56 Å². The maximum absolute atomic E-state index is 12.2. The molecule has 0 bridgehead atoms. The van der Waals surface area contributed by atoms with Crippen molar-refractivity contribution in [1.82, 2.24) is 9.88 Å². The van der Waals surface area contributed by atoms with Crippen molar-refractivity contribution in [3.63, 3.8) is 0 Å². The summed E-state index contributed by atoms with van der Waals surface area (Å²) in [5, 5.41) is 0.515. The van der Waals surface area contributed by atoms with Crippen LogP contribution in [0.2, 0.25) is 5.02 Å². The van der Waals surface area contributed by atoms with Crippen LogP contribution in [0, 0.1) is 0 Å². The van der Waals surface area contributed by atoms with Crippen LogP contribution in [0.5, 0.6) is 0 Å². The van der Waals surface area contributed by atoms with Gasteiger partial charge in [0, 0.05) is 29.7 Å². The molecule has 0 saturated heterocycles. The second-order valence-corrected chi connectivity index (χ2v) is 5.68. The van der Waals surface area contributed by atoms with E-state index in [1.54, 1.807) is 35.8 Å². The van der Waals surface area contributed by atoms with Crippen molar-refractivity contribution in [1.29, 1.82) is 0 Å². The van der Waals surface area contributed by atoms with Gasteiger partial charge in [-0.2, -0.15) is 0 Å². The first-order valence-electron chi connectivity index (χ1n) is 6.10. The molecule has 0 aliphatic heterocycles. The molecular weight excluding hydrogens is 292 g/mol. The first kappa shape index (κ1) is 14.9. The number of amides is 1. The van der Waals surface area contributed by atoms with Gasteiger partial charge in [-0.1, -0.05) is 23.7 Å². The lowest BCUT2D eigenvalue weighted by Gasteiger charge is -2.17. The average molecular weight is 307 g/mol. The molecule has 1 aromatic heterocycles. The van der Waals surface area contributed by atoms with E-state index in [1.807, 2.05) is 18.4 Å². The third-order valence-corrected chi connectivity index (χ3v) is 3.85. The summed E-state index contributed by atoms with van der Waals surface area (Å²) in [5.41, 5.74) is 1.45. The summed E-state index contributed by atoms with van der Waals surface area (Å²) in [6.45, 7) is 0.543. The van der Waals surface area contributed by atoms with Crippen LogP contribution in [0.4, 0.5) is 0 Å². The quantitative estimate of drug-likeness (QED) is 0.807. The fraction of sp³-hybridized carbons (Fsp3) is 0.200. The van der Waals surface area contributed by atoms with Crippen molar-refractivity contribution in [3.8, 4) is 0 Å². The Bertz CT molecular complexity index is 601. The van der Waals surface area contributed by atoms with E-state index in [4.69, 9.17) is 11.6 Å². The molecule has 5 heteroatoms. The Hall–Kier alpha value is -1.52. The van der Waals surface area contributed by atoms with Gasteiger partial charge < -0.3 is 4.90 Å². The maximum Gasteiger partial charge on any atom is 0.272 e. The zero-order chi connectivity index (χ0) is 14.5. The highest BCUT2D eigenvalue weighted by Crippen LogP contribution is 2.16. The number of hydrogen-bond acceptors (Lipinski definition) is 3. The van der Waals surface area contributed by atoms with Gasteiger partial charge >= 0.3 is 0 Å². The molecule has 0 spiro atoms. The number of pyridine rings is 1. The monoisotopic (exact) mass is 306 g/mol. The molecule has 3 nitrogen and oxygen atoms in total. The van der Waals surface area contributed by atoms with Crippen molar-refractivity contribution in [2.45, 2.75) is 11.4 Å². The molecule has 1 heterocycles. The van der Waals surface area contributed by atoms with Gasteiger partial charge in [0.2, 0.25) is 0 Å². The highest BCUT2D eigenvalue weighted by Gasteiger charge is 2.13. The maximum atomic E-state index is 12.2. The zero-order valence-electron chi connectivity index (χ0n) is 11.3. The van der Waals surface area contributed by atoms with Gasteiger partial charge in [0.15, 0.2) is 0 Å². The molecule has 104 valence electrons. The van der Waals surface area contributed by atoms with Crippen LogP contribution < -0.4 is 0 Å². The van der Waals surface area contributed by atoms with Crippen molar-refractivity contribution in [3.05, 3.63) is 58.9 Å². The first-order chi connectivity index (χ1) is 9.60. The Kier molecular flexibility index (Phi) is 5.04. The lowest BCUT2D eigenvalue weighted by molar-refractivity contribution is 0.0779. The molecule has 2 aromatic rings. The lowest BCUT2D eigenvalue weighted by atomic mass is 10.2. The van der Waals surface area contributed by atoms with E-state index >= 15 is 0 Å². The minimum atomic E-state index is -0.138. The number of carbonyl (C=O) groups is 1. The molecule has 0 radical (unpaired) electrons. The van der Waals surface area contributed by atoms with E-state index in [9.17, 15) is 4.79 Å². The van der Waals surface area contributed by atoms with Crippen LogP contribution in [-0.2, 0) is 6.54 Å². The van der Waals surface area contributed by atoms with Crippen molar-refractivity contribution in [2.75, 3.05) is 13.3 Å². The van der Waals surface area contributed by atoms with E-state index < -0.39 is 0 Å². The van der Waals surface area contributed by atoms with Crippen LogP contribution >= 0.6 is 23.4 Å². The van der Waals surface area contributed by atoms with Gasteiger partial charge in [-0.15, -0.1) is 11.8 Å². The normalized spacial score (nSPS) is 10.3. The lowest BCUT2D eigenvalue weighted by Crippen LogP contribution is -2.26. The second kappa shape index (κ2) is 6.77. The molecular formula is C15H15ClN2OS. The molecule has 0 saturated carbocycles. The first-order valence-corrected chi connectivity index (χ1v) is 7.70. The fourth-order valence-electron chi connectivity index (χ4n) is 1.79. The van der Waals surface area contributed by atoms with E-state index in [1.165, 1.54) is 11.1 Å². The van der Waals surface area contributed by atoms with Crippen LogP contribution in [0.25, 0.3) is 0 Å². The summed E-state index contributed by atoms with van der Waals surface area (Å²) >= 11 is 7.57. The predicted molar refractivity (Wildman–Crippen MR) is 83.3 cm³/mol. The summed E-state index contributed by atoms with van der Waals surface area (Å²) in [4.78, 5) is 19.1. The standard InChI is InChI=1S/C15H15ClN2OS/c1-18(10-11-3-5-13(20-2)6-4-11)15(19)14-9-12(16)7-8-17-14/h3-9H,10H2,1-2H3. The second-order valence-electron chi connectivity index (χ2n) is 4.37. The zero-order valence-corrected chi connectivity index (χ0v) is 12.9. The average Bonchev–Trinajstić information content (AvgIpc) is 2.47. The van der Waals surface area contributed by atoms with Crippen LogP contribution in [0.3, 0.4) is 0 Å². The number of hydrogen-bond donors (Lipinski definition) is 0. The van der Waals surface area contributed by atoms with Crippen LogP contribution in [0.1, 0.15) is 16.1 Å². The SMILES string of the molecule is CSc1ccc(CN(C)C(=O)c2cc(Cl)ccn2)cc1. The number of thioether (sulfide) groups is 1. The highest BCUT2D eigenvalue weighted by atomic mass is 35.5. The van der Waals surface area contributed by atoms with E-state index in [-0.39, 0.29) is 5.91 Å². The Balaban J connectivity index is 2.07. The molecule has 0 N–H and O–H groups in total. The number of aromatic nitrogens is 1. The summed E-state index contributed by atoms with van der Waals surface area (Å²) in [7, 11) is 1.76. The Labute approximate surface area is 128 Å². The van der Waals surface area contributed by atoms with Gasteiger partial charge in [0.05, 0.1) is 0 Å². The molecule has 1 aromatic carbocycles. The number of halogens is 1. The molecule has 0 fully saturated rings. The minimum Gasteiger partial charge on any atom is -0.336 e. The Morgan fingerprint density at radius 2 is 2.00 bits per heavy atom. The smallest absolute Gasteiger partial charge is 0.272 e. The van der Waals surface area contributed by atoms with Crippen molar-refractivity contribution >= 4 is 29.3 Å². The van der Waals surface area contributed by atoms with Gasteiger partial charge in [-0.25, -0.2) is 0 Å². The number of benzene rings is 1. The number of nitrogens with zero attached hydrogens (tertiary/aromatic N) is 2. The highest BCUT2D eigenvalue weighted by molar-refractivity contribution is 7.98. The molecule has 1 amide bonds. The number of carbonyl (C=O) groups excluding carboxylic acids is 1. The van der Waals surface area contributed by atoms with Gasteiger partial charge in [0.25, 0.3) is 5.91 Å². The summed E-state index contributed by atoms with van der Waals surface area (Å²) in [5.74, 6) is -0.138. The summed E-state index contributed by atoms with van der Waals surface area (Å²) in [6, 6.07) is 11.4. The van der Waals surface area contributed by atoms with Crippen LogP contribution in [-0.4, -0.2) is 29.1 Å². The predicted octanol–water partition coefficient (Wildman–Crippen LogP) is 3.73. The molecule has 0 atom stereocenters. The van der Waals surface area contributed by atoms with Gasteiger partial charge in [-0.05, 0) is 36.1 Å². The third kappa shape index (κ3) is 3.74.